The van der Waals surface area contributed by atoms with E-state index in [0.717, 1.165) is 29.8 Å². The van der Waals surface area contributed by atoms with Gasteiger partial charge in [0, 0.05) is 11.3 Å². The van der Waals surface area contributed by atoms with Crippen molar-refractivity contribution in [2.24, 2.45) is 0 Å². The van der Waals surface area contributed by atoms with Gasteiger partial charge in [-0.2, -0.15) is 5.10 Å². The SMILES string of the molecule is CCc1nn(CC(F)F)c(CC)c1C(Cl)CC. The van der Waals surface area contributed by atoms with Gasteiger partial charge in [0.15, 0.2) is 0 Å². The van der Waals surface area contributed by atoms with Gasteiger partial charge in [0.1, 0.15) is 6.54 Å². The van der Waals surface area contributed by atoms with Gasteiger partial charge in [0.05, 0.1) is 11.1 Å². The number of alkyl halides is 3. The van der Waals surface area contributed by atoms with Gasteiger partial charge < -0.3 is 0 Å². The number of hydrogen-bond donors (Lipinski definition) is 0. The lowest BCUT2D eigenvalue weighted by atomic mass is 10.0. The number of rotatable bonds is 6. The molecule has 0 aliphatic carbocycles. The van der Waals surface area contributed by atoms with E-state index in [1.165, 1.54) is 4.68 Å². The summed E-state index contributed by atoms with van der Waals surface area (Å²) >= 11 is 6.27. The Morgan fingerprint density at radius 2 is 1.88 bits per heavy atom. The van der Waals surface area contributed by atoms with Crippen LogP contribution in [0.15, 0.2) is 0 Å². The van der Waals surface area contributed by atoms with Crippen molar-refractivity contribution < 1.29 is 8.78 Å². The lowest BCUT2D eigenvalue weighted by Crippen LogP contribution is -2.11. The first-order chi connectivity index (χ1) is 8.04. The monoisotopic (exact) mass is 264 g/mol. The fraction of sp³-hybridized carbons (Fsp3) is 0.750. The average Bonchev–Trinajstić information content (AvgIpc) is 2.64. The zero-order chi connectivity index (χ0) is 13.0. The Kier molecular flexibility index (Phi) is 5.37. The zero-order valence-electron chi connectivity index (χ0n) is 10.5. The summed E-state index contributed by atoms with van der Waals surface area (Å²) in [5, 5.41) is 4.13. The van der Waals surface area contributed by atoms with Crippen LogP contribution in [0, 0.1) is 0 Å². The largest absolute Gasteiger partial charge is 0.263 e. The zero-order valence-corrected chi connectivity index (χ0v) is 11.3. The molecule has 1 unspecified atom stereocenters. The van der Waals surface area contributed by atoms with Crippen LogP contribution in [-0.4, -0.2) is 16.2 Å². The third-order valence-corrected chi connectivity index (χ3v) is 3.35. The molecule has 0 saturated heterocycles. The topological polar surface area (TPSA) is 17.8 Å². The molecule has 0 aliphatic rings. The quantitative estimate of drug-likeness (QED) is 0.711. The Labute approximate surface area is 106 Å². The lowest BCUT2D eigenvalue weighted by molar-refractivity contribution is 0.120. The van der Waals surface area contributed by atoms with E-state index in [1.807, 2.05) is 20.8 Å². The molecule has 0 N–H and O–H groups in total. The summed E-state index contributed by atoms with van der Waals surface area (Å²) in [4.78, 5) is 0. The van der Waals surface area contributed by atoms with Gasteiger partial charge in [-0.15, -0.1) is 11.6 Å². The van der Waals surface area contributed by atoms with Gasteiger partial charge in [-0.1, -0.05) is 20.8 Å². The van der Waals surface area contributed by atoms with Crippen LogP contribution in [0.5, 0.6) is 0 Å². The summed E-state index contributed by atoms with van der Waals surface area (Å²) in [6.45, 7) is 5.56. The standard InChI is InChI=1S/C12H19ClF2N2/c1-4-8(13)12-9(5-2)16-17(7-11(14)15)10(12)6-3/h8,11H,4-7H2,1-3H3. The lowest BCUT2D eigenvalue weighted by Gasteiger charge is -2.10. The van der Waals surface area contributed by atoms with Crippen molar-refractivity contribution in [3.63, 3.8) is 0 Å². The highest BCUT2D eigenvalue weighted by Crippen LogP contribution is 2.31. The Balaban J connectivity index is 3.20. The van der Waals surface area contributed by atoms with Gasteiger partial charge in [-0.25, -0.2) is 8.78 Å². The van der Waals surface area contributed by atoms with Crippen LogP contribution in [0.1, 0.15) is 49.5 Å². The maximum atomic E-state index is 12.5. The molecule has 0 amide bonds. The molecule has 0 saturated carbocycles. The Morgan fingerprint density at radius 1 is 1.24 bits per heavy atom. The van der Waals surface area contributed by atoms with Crippen molar-refractivity contribution >= 4 is 11.6 Å². The Hall–Kier alpha value is -0.640. The molecule has 0 spiro atoms. The summed E-state index contributed by atoms with van der Waals surface area (Å²) in [7, 11) is 0. The smallest absolute Gasteiger partial charge is 0.257 e. The van der Waals surface area contributed by atoms with E-state index in [0.29, 0.717) is 6.42 Å². The summed E-state index contributed by atoms with van der Waals surface area (Å²) in [5.41, 5.74) is 2.66. The van der Waals surface area contributed by atoms with Crippen LogP contribution in [-0.2, 0) is 19.4 Å². The van der Waals surface area contributed by atoms with Crippen LogP contribution < -0.4 is 0 Å². The molecule has 1 heterocycles. The van der Waals surface area contributed by atoms with Crippen molar-refractivity contribution in [3.05, 3.63) is 17.0 Å². The molecule has 0 bridgehead atoms. The summed E-state index contributed by atoms with van der Waals surface area (Å²) in [6.07, 6.45) is -0.199. The minimum atomic E-state index is -2.38. The van der Waals surface area contributed by atoms with E-state index in [2.05, 4.69) is 5.10 Å². The summed E-state index contributed by atoms with van der Waals surface area (Å²) < 4.78 is 26.4. The second-order valence-electron chi connectivity index (χ2n) is 3.96. The third kappa shape index (κ3) is 3.18. The first kappa shape index (κ1) is 14.4. The fourth-order valence-corrected chi connectivity index (χ4v) is 2.30. The molecule has 1 atom stereocenters. The van der Waals surface area contributed by atoms with E-state index >= 15 is 0 Å². The molecular formula is C12H19ClF2N2. The molecule has 1 aromatic heterocycles. The van der Waals surface area contributed by atoms with Crippen LogP contribution in [0.2, 0.25) is 0 Å². The van der Waals surface area contributed by atoms with Crippen LogP contribution >= 0.6 is 11.6 Å². The van der Waals surface area contributed by atoms with Crippen molar-refractivity contribution in [2.45, 2.75) is 58.4 Å². The minimum Gasteiger partial charge on any atom is -0.263 e. The number of nitrogens with zero attached hydrogens (tertiary/aromatic N) is 2. The molecular weight excluding hydrogens is 246 g/mol. The van der Waals surface area contributed by atoms with Crippen molar-refractivity contribution in [3.8, 4) is 0 Å². The highest BCUT2D eigenvalue weighted by atomic mass is 35.5. The predicted octanol–water partition coefficient (Wildman–Crippen LogP) is 3.96. The number of hydrogen-bond acceptors (Lipinski definition) is 1. The van der Waals surface area contributed by atoms with Gasteiger partial charge in [0.25, 0.3) is 6.43 Å². The maximum absolute atomic E-state index is 12.5. The first-order valence-corrected chi connectivity index (χ1v) is 6.49. The third-order valence-electron chi connectivity index (χ3n) is 2.83. The van der Waals surface area contributed by atoms with Gasteiger partial charge >= 0.3 is 0 Å². The van der Waals surface area contributed by atoms with E-state index < -0.39 is 6.43 Å². The number of aromatic nitrogens is 2. The molecule has 0 aliphatic heterocycles. The minimum absolute atomic E-state index is 0.133. The molecule has 0 radical (unpaired) electrons. The second-order valence-corrected chi connectivity index (χ2v) is 4.49. The molecule has 98 valence electrons. The average molecular weight is 265 g/mol. The van der Waals surface area contributed by atoms with E-state index in [1.54, 1.807) is 0 Å². The maximum Gasteiger partial charge on any atom is 0.257 e. The summed E-state index contributed by atoms with van der Waals surface area (Å²) in [5.74, 6) is 0. The van der Waals surface area contributed by atoms with Crippen LogP contribution in [0.4, 0.5) is 8.78 Å². The molecule has 1 aromatic rings. The Bertz CT molecular complexity index is 364. The second kappa shape index (κ2) is 6.34. The van der Waals surface area contributed by atoms with Gasteiger partial charge in [-0.05, 0) is 19.3 Å². The molecule has 17 heavy (non-hydrogen) atoms. The number of halogens is 3. The number of aryl methyl sites for hydroxylation is 1. The van der Waals surface area contributed by atoms with Crippen molar-refractivity contribution in [1.82, 2.24) is 9.78 Å². The summed E-state index contributed by atoms with van der Waals surface area (Å²) in [6, 6.07) is 0. The van der Waals surface area contributed by atoms with Crippen molar-refractivity contribution in [2.75, 3.05) is 0 Å². The highest BCUT2D eigenvalue weighted by molar-refractivity contribution is 6.20. The van der Waals surface area contributed by atoms with Crippen molar-refractivity contribution in [1.29, 1.82) is 0 Å². The molecule has 0 aromatic carbocycles. The Morgan fingerprint density at radius 3 is 2.29 bits per heavy atom. The fourth-order valence-electron chi connectivity index (χ4n) is 2.05. The first-order valence-electron chi connectivity index (χ1n) is 6.05. The van der Waals surface area contributed by atoms with Gasteiger partial charge in [0.2, 0.25) is 0 Å². The normalized spacial score (nSPS) is 13.4. The van der Waals surface area contributed by atoms with E-state index in [-0.39, 0.29) is 11.9 Å². The molecule has 2 nitrogen and oxygen atoms in total. The molecule has 1 rings (SSSR count). The predicted molar refractivity (Wildman–Crippen MR) is 65.9 cm³/mol. The van der Waals surface area contributed by atoms with Crippen LogP contribution in [0.25, 0.3) is 0 Å². The van der Waals surface area contributed by atoms with E-state index in [4.69, 9.17) is 11.6 Å². The molecule has 0 fully saturated rings. The van der Waals surface area contributed by atoms with E-state index in [9.17, 15) is 8.78 Å². The van der Waals surface area contributed by atoms with Gasteiger partial charge in [-0.3, -0.25) is 4.68 Å². The molecule has 5 heteroatoms. The highest BCUT2D eigenvalue weighted by Gasteiger charge is 2.22. The van der Waals surface area contributed by atoms with Crippen LogP contribution in [0.3, 0.4) is 0 Å².